The Morgan fingerprint density at radius 3 is 2.13 bits per heavy atom. The van der Waals surface area contributed by atoms with E-state index in [1.54, 1.807) is 56.0 Å². The Bertz CT molecular complexity index is 970. The molecule has 0 fully saturated rings. The van der Waals surface area contributed by atoms with Gasteiger partial charge in [-0.2, -0.15) is 0 Å². The highest BCUT2D eigenvalue weighted by Gasteiger charge is 2.33. The largest absolute Gasteiger partial charge is 0.462 e. The molecule has 2 atom stereocenters. The summed E-state index contributed by atoms with van der Waals surface area (Å²) in [6.45, 7) is 7.69. The van der Waals surface area contributed by atoms with E-state index in [0.29, 0.717) is 30.8 Å². The Kier molecular flexibility index (Phi) is 6.95. The van der Waals surface area contributed by atoms with Crippen LogP contribution in [0.2, 0.25) is 0 Å². The van der Waals surface area contributed by atoms with Gasteiger partial charge in [0, 0.05) is 24.3 Å². The van der Waals surface area contributed by atoms with E-state index in [0.717, 1.165) is 16.9 Å². The molecule has 7 heteroatoms. The monoisotopic (exact) mass is 424 g/mol. The molecule has 0 unspecified atom stereocenters. The van der Waals surface area contributed by atoms with Crippen LogP contribution < -0.4 is 10.2 Å². The zero-order valence-electron chi connectivity index (χ0n) is 18.3. The maximum atomic E-state index is 12.3. The lowest BCUT2D eigenvalue weighted by atomic mass is 9.90. The summed E-state index contributed by atoms with van der Waals surface area (Å²) in [5, 5.41) is 3.48. The van der Waals surface area contributed by atoms with Gasteiger partial charge in [0.15, 0.2) is 0 Å². The molecule has 1 aliphatic rings. The summed E-state index contributed by atoms with van der Waals surface area (Å²) in [5.41, 5.74) is 3.39. The minimum absolute atomic E-state index is 0.0188. The van der Waals surface area contributed by atoms with E-state index in [9.17, 15) is 14.4 Å². The molecule has 164 valence electrons. The molecule has 1 aliphatic heterocycles. The van der Waals surface area contributed by atoms with Crippen LogP contribution in [0.1, 0.15) is 66.4 Å². The Balaban J connectivity index is 1.92. The molecule has 3 rings (SSSR count). The van der Waals surface area contributed by atoms with Crippen molar-refractivity contribution in [2.45, 2.75) is 46.2 Å². The molecular weight excluding hydrogens is 396 g/mol. The molecule has 0 aromatic heterocycles. The van der Waals surface area contributed by atoms with Gasteiger partial charge in [0.1, 0.15) is 0 Å². The lowest BCUT2D eigenvalue weighted by Crippen LogP contribution is -2.43. The zero-order valence-corrected chi connectivity index (χ0v) is 18.3. The molecule has 2 aromatic rings. The van der Waals surface area contributed by atoms with Gasteiger partial charge in [0.25, 0.3) is 0 Å². The average molecular weight is 424 g/mol. The van der Waals surface area contributed by atoms with Crippen molar-refractivity contribution in [3.63, 3.8) is 0 Å². The molecule has 1 heterocycles. The second kappa shape index (κ2) is 9.64. The fraction of sp³-hybridized carbons (Fsp3) is 0.375. The lowest BCUT2D eigenvalue weighted by Gasteiger charge is -2.39. The maximum Gasteiger partial charge on any atom is 0.338 e. The molecule has 1 N–H and O–H groups in total. The average Bonchev–Trinajstić information content (AvgIpc) is 2.74. The Hall–Kier alpha value is -3.35. The number of benzene rings is 2. The lowest BCUT2D eigenvalue weighted by molar-refractivity contribution is -0.117. The fourth-order valence-corrected chi connectivity index (χ4v) is 3.94. The predicted octanol–water partition coefficient (Wildman–Crippen LogP) is 4.34. The molecular formula is C24H28N2O5. The topological polar surface area (TPSA) is 84.9 Å². The van der Waals surface area contributed by atoms with Crippen molar-refractivity contribution < 1.29 is 23.9 Å². The van der Waals surface area contributed by atoms with Gasteiger partial charge < -0.3 is 19.7 Å². The number of hydrogen-bond donors (Lipinski definition) is 1. The van der Waals surface area contributed by atoms with Gasteiger partial charge in [0.2, 0.25) is 5.91 Å². The van der Waals surface area contributed by atoms with Gasteiger partial charge in [-0.1, -0.05) is 0 Å². The summed E-state index contributed by atoms with van der Waals surface area (Å²) >= 11 is 0. The summed E-state index contributed by atoms with van der Waals surface area (Å²) < 4.78 is 10.2. The highest BCUT2D eigenvalue weighted by Crippen LogP contribution is 2.39. The summed E-state index contributed by atoms with van der Waals surface area (Å²) in [5.74, 6) is -0.799. The normalized spacial score (nSPS) is 17.5. The van der Waals surface area contributed by atoms with Gasteiger partial charge in [-0.3, -0.25) is 4.79 Å². The summed E-state index contributed by atoms with van der Waals surface area (Å²) in [4.78, 5) is 38.2. The second-order valence-electron chi connectivity index (χ2n) is 7.46. The molecule has 0 spiro atoms. The third kappa shape index (κ3) is 4.87. The van der Waals surface area contributed by atoms with Gasteiger partial charge >= 0.3 is 11.9 Å². The molecule has 0 bridgehead atoms. The molecule has 0 saturated carbocycles. The van der Waals surface area contributed by atoms with Crippen LogP contribution in [0.15, 0.2) is 42.5 Å². The number of carbonyl (C=O) groups is 3. The van der Waals surface area contributed by atoms with E-state index < -0.39 is 5.97 Å². The maximum absolute atomic E-state index is 12.3. The summed E-state index contributed by atoms with van der Waals surface area (Å²) in [6, 6.07) is 12.2. The number of anilines is 2. The molecule has 0 aliphatic carbocycles. The smallest absolute Gasteiger partial charge is 0.338 e. The van der Waals surface area contributed by atoms with Crippen LogP contribution in [0.5, 0.6) is 0 Å². The molecule has 7 nitrogen and oxygen atoms in total. The first kappa shape index (κ1) is 22.3. The van der Waals surface area contributed by atoms with E-state index in [-0.39, 0.29) is 24.0 Å². The van der Waals surface area contributed by atoms with Crippen LogP contribution in [0.4, 0.5) is 11.4 Å². The van der Waals surface area contributed by atoms with Crippen molar-refractivity contribution in [3.05, 3.63) is 59.2 Å². The number of rotatable bonds is 6. The number of fused-ring (bicyclic) bond motifs is 1. The minimum Gasteiger partial charge on any atom is -0.462 e. The Morgan fingerprint density at radius 2 is 1.55 bits per heavy atom. The van der Waals surface area contributed by atoms with Crippen LogP contribution >= 0.6 is 0 Å². The number of esters is 2. The number of carbonyl (C=O) groups excluding carboxylic acids is 3. The van der Waals surface area contributed by atoms with Crippen molar-refractivity contribution in [1.82, 2.24) is 0 Å². The zero-order chi connectivity index (χ0) is 22.5. The Morgan fingerprint density at radius 1 is 0.968 bits per heavy atom. The second-order valence-corrected chi connectivity index (χ2v) is 7.46. The third-order valence-corrected chi connectivity index (χ3v) is 5.27. The number of nitrogens with one attached hydrogen (secondary N) is 1. The number of ether oxygens (including phenoxy) is 2. The standard InChI is InChI=1S/C24H28N2O5/c1-5-30-23(28)17-7-10-19(11-8-17)25-21-13-15(3)26(16(4)27)22-12-9-18(14-20(21)22)24(29)31-6-2/h7-12,14-15,21,25H,5-6,13H2,1-4H3/t15-,21+/m1/s1. The first-order chi connectivity index (χ1) is 14.8. The minimum atomic E-state index is -0.393. The van der Waals surface area contributed by atoms with Gasteiger partial charge in [-0.25, -0.2) is 9.59 Å². The van der Waals surface area contributed by atoms with Crippen LogP contribution in [0, 0.1) is 0 Å². The van der Waals surface area contributed by atoms with E-state index in [4.69, 9.17) is 9.47 Å². The molecule has 31 heavy (non-hydrogen) atoms. The van der Waals surface area contributed by atoms with E-state index in [2.05, 4.69) is 5.32 Å². The molecule has 0 radical (unpaired) electrons. The van der Waals surface area contributed by atoms with E-state index in [1.807, 2.05) is 19.1 Å². The van der Waals surface area contributed by atoms with Crippen LogP contribution in [0.3, 0.4) is 0 Å². The summed E-state index contributed by atoms with van der Waals surface area (Å²) in [6.07, 6.45) is 0.665. The highest BCUT2D eigenvalue weighted by molar-refractivity contribution is 5.96. The van der Waals surface area contributed by atoms with Crippen LogP contribution in [-0.4, -0.2) is 37.1 Å². The van der Waals surface area contributed by atoms with Crippen LogP contribution in [0.25, 0.3) is 0 Å². The molecule has 1 amide bonds. The van der Waals surface area contributed by atoms with Crippen molar-refractivity contribution in [1.29, 1.82) is 0 Å². The van der Waals surface area contributed by atoms with Crippen molar-refractivity contribution in [2.24, 2.45) is 0 Å². The third-order valence-electron chi connectivity index (χ3n) is 5.27. The van der Waals surface area contributed by atoms with Gasteiger partial charge in [0.05, 0.1) is 30.4 Å². The molecule has 0 saturated heterocycles. The van der Waals surface area contributed by atoms with Gasteiger partial charge in [-0.15, -0.1) is 0 Å². The SMILES string of the molecule is CCOC(=O)c1ccc(N[C@H]2C[C@@H](C)N(C(C)=O)c3ccc(C(=O)OCC)cc32)cc1. The highest BCUT2D eigenvalue weighted by atomic mass is 16.5. The van der Waals surface area contributed by atoms with Crippen LogP contribution in [-0.2, 0) is 14.3 Å². The Labute approximate surface area is 182 Å². The summed E-state index contributed by atoms with van der Waals surface area (Å²) in [7, 11) is 0. The fourth-order valence-electron chi connectivity index (χ4n) is 3.94. The van der Waals surface area contributed by atoms with Crippen molar-refractivity contribution in [3.8, 4) is 0 Å². The van der Waals surface area contributed by atoms with E-state index >= 15 is 0 Å². The first-order valence-corrected chi connectivity index (χ1v) is 10.5. The number of nitrogens with zero attached hydrogens (tertiary/aromatic N) is 1. The van der Waals surface area contributed by atoms with E-state index in [1.165, 1.54) is 0 Å². The number of amides is 1. The van der Waals surface area contributed by atoms with Gasteiger partial charge in [-0.05, 0) is 75.2 Å². The quantitative estimate of drug-likeness (QED) is 0.695. The predicted molar refractivity (Wildman–Crippen MR) is 118 cm³/mol. The first-order valence-electron chi connectivity index (χ1n) is 10.5. The van der Waals surface area contributed by atoms with Crippen molar-refractivity contribution >= 4 is 29.2 Å². The number of hydrogen-bond acceptors (Lipinski definition) is 6. The molecule has 2 aromatic carbocycles. The van der Waals surface area contributed by atoms with Crippen molar-refractivity contribution in [2.75, 3.05) is 23.4 Å².